The van der Waals surface area contributed by atoms with Gasteiger partial charge in [0.25, 0.3) is 0 Å². The summed E-state index contributed by atoms with van der Waals surface area (Å²) in [4.78, 5) is 10.9. The lowest BCUT2D eigenvalue weighted by molar-refractivity contribution is -0.218. The van der Waals surface area contributed by atoms with Gasteiger partial charge in [-0.3, -0.25) is 0 Å². The molecule has 0 aliphatic carbocycles. The topological polar surface area (TPSA) is 137 Å². The molecule has 1 saturated heterocycles. The number of phenolic OH excluding ortho intramolecular Hbond substituents is 1. The van der Waals surface area contributed by atoms with E-state index >= 15 is 0 Å². The van der Waals surface area contributed by atoms with E-state index in [1.54, 1.807) is 6.92 Å². The Labute approximate surface area is 138 Å². The molecule has 5 atom stereocenters. The molecule has 0 aromatic heterocycles. The van der Waals surface area contributed by atoms with Crippen molar-refractivity contribution in [2.75, 3.05) is 6.61 Å². The SMILES string of the molecule is C[C@@H]1O[C@@H](CCCOc2cc(O)cc(C(=O)O)c2)[C@@H](O)[C@H](O)[C@@H]1O. The number of rotatable bonds is 6. The second kappa shape index (κ2) is 7.80. The molecular weight excluding hydrogens is 320 g/mol. The van der Waals surface area contributed by atoms with Gasteiger partial charge < -0.3 is 35.0 Å². The van der Waals surface area contributed by atoms with E-state index in [2.05, 4.69) is 0 Å². The number of carbonyl (C=O) groups is 1. The summed E-state index contributed by atoms with van der Waals surface area (Å²) in [6.07, 6.45) is -3.93. The molecule has 0 bridgehead atoms. The summed E-state index contributed by atoms with van der Waals surface area (Å²) in [7, 11) is 0. The summed E-state index contributed by atoms with van der Waals surface area (Å²) in [6, 6.07) is 3.73. The van der Waals surface area contributed by atoms with Crippen LogP contribution in [0.4, 0.5) is 0 Å². The van der Waals surface area contributed by atoms with Crippen LogP contribution in [0.5, 0.6) is 11.5 Å². The second-order valence-corrected chi connectivity index (χ2v) is 5.86. The molecule has 0 amide bonds. The van der Waals surface area contributed by atoms with E-state index in [-0.39, 0.29) is 23.7 Å². The molecule has 1 aromatic carbocycles. The second-order valence-electron chi connectivity index (χ2n) is 5.86. The van der Waals surface area contributed by atoms with Gasteiger partial charge >= 0.3 is 5.97 Å². The smallest absolute Gasteiger partial charge is 0.335 e. The molecule has 1 fully saturated rings. The van der Waals surface area contributed by atoms with Crippen molar-refractivity contribution in [3.05, 3.63) is 23.8 Å². The minimum atomic E-state index is -1.26. The van der Waals surface area contributed by atoms with Crippen molar-refractivity contribution in [2.24, 2.45) is 0 Å². The van der Waals surface area contributed by atoms with Crippen molar-refractivity contribution in [2.45, 2.75) is 50.3 Å². The highest BCUT2D eigenvalue weighted by Gasteiger charge is 2.41. The third-order valence-corrected chi connectivity index (χ3v) is 3.99. The van der Waals surface area contributed by atoms with Gasteiger partial charge in [-0.05, 0) is 31.9 Å². The van der Waals surface area contributed by atoms with Crippen LogP contribution in [0.3, 0.4) is 0 Å². The highest BCUT2D eigenvalue weighted by molar-refractivity contribution is 5.88. The van der Waals surface area contributed by atoms with E-state index < -0.39 is 36.5 Å². The van der Waals surface area contributed by atoms with E-state index in [9.17, 15) is 25.2 Å². The van der Waals surface area contributed by atoms with E-state index in [1.807, 2.05) is 0 Å². The summed E-state index contributed by atoms with van der Waals surface area (Å²) in [5, 5.41) is 47.7. The Morgan fingerprint density at radius 2 is 1.88 bits per heavy atom. The van der Waals surface area contributed by atoms with Crippen LogP contribution in [0.1, 0.15) is 30.1 Å². The molecule has 8 heteroatoms. The Kier molecular flexibility index (Phi) is 6.00. The van der Waals surface area contributed by atoms with Gasteiger partial charge in [0.05, 0.1) is 24.4 Å². The molecule has 0 saturated carbocycles. The molecule has 0 radical (unpaired) electrons. The lowest BCUT2D eigenvalue weighted by Gasteiger charge is -2.39. The number of benzene rings is 1. The van der Waals surface area contributed by atoms with Crippen LogP contribution in [0.15, 0.2) is 18.2 Å². The normalized spacial score (nSPS) is 30.1. The number of aromatic carboxylic acids is 1. The van der Waals surface area contributed by atoms with E-state index in [0.717, 1.165) is 6.07 Å². The maximum atomic E-state index is 10.9. The highest BCUT2D eigenvalue weighted by atomic mass is 16.5. The fourth-order valence-corrected chi connectivity index (χ4v) is 2.64. The van der Waals surface area contributed by atoms with Crippen LogP contribution in [-0.4, -0.2) is 68.6 Å². The highest BCUT2D eigenvalue weighted by Crippen LogP contribution is 2.25. The van der Waals surface area contributed by atoms with Crippen molar-refractivity contribution < 1.29 is 39.8 Å². The van der Waals surface area contributed by atoms with Gasteiger partial charge in [-0.2, -0.15) is 0 Å². The molecule has 0 unspecified atom stereocenters. The van der Waals surface area contributed by atoms with Crippen molar-refractivity contribution in [3.8, 4) is 11.5 Å². The number of ether oxygens (including phenoxy) is 2. The van der Waals surface area contributed by atoms with Gasteiger partial charge in [0.15, 0.2) is 0 Å². The Morgan fingerprint density at radius 1 is 1.17 bits per heavy atom. The Balaban J connectivity index is 1.84. The molecule has 2 rings (SSSR count). The minimum Gasteiger partial charge on any atom is -0.508 e. The summed E-state index contributed by atoms with van der Waals surface area (Å²) in [6.45, 7) is 1.82. The maximum absolute atomic E-state index is 10.9. The predicted molar refractivity (Wildman–Crippen MR) is 82.2 cm³/mol. The van der Waals surface area contributed by atoms with Gasteiger partial charge in [-0.15, -0.1) is 0 Å². The number of aromatic hydroxyl groups is 1. The quantitative estimate of drug-likeness (QED) is 0.460. The first-order valence-electron chi connectivity index (χ1n) is 7.69. The average molecular weight is 342 g/mol. The molecule has 1 heterocycles. The van der Waals surface area contributed by atoms with Gasteiger partial charge in [-0.25, -0.2) is 4.79 Å². The van der Waals surface area contributed by atoms with E-state index in [1.165, 1.54) is 12.1 Å². The average Bonchev–Trinajstić information content (AvgIpc) is 2.53. The van der Waals surface area contributed by atoms with Crippen LogP contribution >= 0.6 is 0 Å². The van der Waals surface area contributed by atoms with Gasteiger partial charge in [0.2, 0.25) is 0 Å². The van der Waals surface area contributed by atoms with Crippen LogP contribution < -0.4 is 4.74 Å². The molecule has 1 aliphatic rings. The molecule has 5 N–H and O–H groups in total. The number of carboxylic acid groups (broad SMARTS) is 1. The molecule has 134 valence electrons. The zero-order valence-electron chi connectivity index (χ0n) is 13.2. The first-order chi connectivity index (χ1) is 11.3. The number of carboxylic acids is 1. The standard InChI is InChI=1S/C16H22O8/c1-8-13(18)15(20)14(19)12(24-8)3-2-4-23-11-6-9(16(21)22)5-10(17)7-11/h5-8,12-15,17-20H,2-4H2,1H3,(H,21,22)/t8-,12-,13+,14+,15+/m0/s1. The van der Waals surface area contributed by atoms with Crippen molar-refractivity contribution in [1.29, 1.82) is 0 Å². The monoisotopic (exact) mass is 342 g/mol. The van der Waals surface area contributed by atoms with Crippen molar-refractivity contribution in [3.63, 3.8) is 0 Å². The Hall–Kier alpha value is -1.87. The van der Waals surface area contributed by atoms with Crippen molar-refractivity contribution >= 4 is 5.97 Å². The number of hydrogen-bond acceptors (Lipinski definition) is 7. The van der Waals surface area contributed by atoms with Gasteiger partial charge in [0.1, 0.15) is 29.8 Å². The maximum Gasteiger partial charge on any atom is 0.335 e. The first kappa shape index (κ1) is 18.5. The zero-order chi connectivity index (χ0) is 17.9. The summed E-state index contributed by atoms with van der Waals surface area (Å²) in [5.41, 5.74) is -0.0815. The zero-order valence-corrected chi connectivity index (χ0v) is 13.2. The lowest BCUT2D eigenvalue weighted by Crippen LogP contribution is -2.56. The van der Waals surface area contributed by atoms with E-state index in [0.29, 0.717) is 12.8 Å². The summed E-state index contributed by atoms with van der Waals surface area (Å²) in [5.74, 6) is -1.15. The van der Waals surface area contributed by atoms with Gasteiger partial charge in [0, 0.05) is 6.07 Å². The molecule has 24 heavy (non-hydrogen) atoms. The number of phenols is 1. The van der Waals surface area contributed by atoms with Crippen LogP contribution in [0.25, 0.3) is 0 Å². The predicted octanol–water partition coefficient (Wildman–Crippen LogP) is 0.119. The number of hydrogen-bond donors (Lipinski definition) is 5. The first-order valence-corrected chi connectivity index (χ1v) is 7.69. The molecule has 1 aliphatic heterocycles. The fraction of sp³-hybridized carbons (Fsp3) is 0.562. The van der Waals surface area contributed by atoms with Crippen molar-refractivity contribution in [1.82, 2.24) is 0 Å². The number of aliphatic hydroxyl groups excluding tert-OH is 3. The minimum absolute atomic E-state index is 0.0815. The third-order valence-electron chi connectivity index (χ3n) is 3.99. The third kappa shape index (κ3) is 4.35. The largest absolute Gasteiger partial charge is 0.508 e. The molecule has 8 nitrogen and oxygen atoms in total. The summed E-state index contributed by atoms with van der Waals surface area (Å²) < 4.78 is 10.9. The molecular formula is C16H22O8. The van der Waals surface area contributed by atoms with Crippen LogP contribution in [0.2, 0.25) is 0 Å². The molecule has 1 aromatic rings. The Bertz CT molecular complexity index is 575. The lowest BCUT2D eigenvalue weighted by atomic mass is 9.93. The van der Waals surface area contributed by atoms with Gasteiger partial charge in [-0.1, -0.05) is 0 Å². The van der Waals surface area contributed by atoms with Crippen LogP contribution in [-0.2, 0) is 4.74 Å². The summed E-state index contributed by atoms with van der Waals surface area (Å²) >= 11 is 0. The number of aliphatic hydroxyl groups is 3. The Morgan fingerprint density at radius 3 is 2.54 bits per heavy atom. The molecule has 0 spiro atoms. The fourth-order valence-electron chi connectivity index (χ4n) is 2.64. The van der Waals surface area contributed by atoms with E-state index in [4.69, 9.17) is 14.6 Å². The van der Waals surface area contributed by atoms with Crippen LogP contribution in [0, 0.1) is 0 Å².